The van der Waals surface area contributed by atoms with Crippen molar-refractivity contribution >= 4 is 11.0 Å². The summed E-state index contributed by atoms with van der Waals surface area (Å²) in [6.45, 7) is 0. The molecule has 1 fully saturated rings. The van der Waals surface area contributed by atoms with Crippen LogP contribution in [0.1, 0.15) is 37.2 Å². The highest BCUT2D eigenvalue weighted by Gasteiger charge is 2.22. The number of fused-ring (bicyclic) bond motifs is 1. The molecule has 0 atom stereocenters. The van der Waals surface area contributed by atoms with Gasteiger partial charge < -0.3 is 10.7 Å². The van der Waals surface area contributed by atoms with Gasteiger partial charge in [0.1, 0.15) is 0 Å². The van der Waals surface area contributed by atoms with E-state index in [4.69, 9.17) is 5.73 Å². The van der Waals surface area contributed by atoms with Crippen molar-refractivity contribution < 1.29 is 0 Å². The monoisotopic (exact) mass is 215 g/mol. The van der Waals surface area contributed by atoms with E-state index in [0.29, 0.717) is 12.0 Å². The van der Waals surface area contributed by atoms with Crippen LogP contribution in [-0.4, -0.2) is 16.0 Å². The van der Waals surface area contributed by atoms with Gasteiger partial charge in [0.2, 0.25) is 0 Å². The van der Waals surface area contributed by atoms with Gasteiger partial charge >= 0.3 is 0 Å². The molecule has 3 nitrogen and oxygen atoms in total. The number of pyridine rings is 1. The van der Waals surface area contributed by atoms with Crippen molar-refractivity contribution in [2.75, 3.05) is 0 Å². The minimum atomic E-state index is 0.411. The minimum Gasteiger partial charge on any atom is -0.360 e. The second-order valence-electron chi connectivity index (χ2n) is 4.76. The molecule has 1 aliphatic carbocycles. The van der Waals surface area contributed by atoms with Crippen LogP contribution in [0.2, 0.25) is 0 Å². The van der Waals surface area contributed by atoms with Gasteiger partial charge in [0, 0.05) is 18.4 Å². The van der Waals surface area contributed by atoms with Crippen LogP contribution in [0.15, 0.2) is 24.5 Å². The van der Waals surface area contributed by atoms with Crippen LogP contribution in [0.5, 0.6) is 0 Å². The zero-order chi connectivity index (χ0) is 11.0. The van der Waals surface area contributed by atoms with E-state index in [9.17, 15) is 0 Å². The third-order valence-corrected chi connectivity index (χ3v) is 3.68. The topological polar surface area (TPSA) is 54.7 Å². The van der Waals surface area contributed by atoms with Gasteiger partial charge in [0.05, 0.1) is 11.0 Å². The van der Waals surface area contributed by atoms with Crippen LogP contribution >= 0.6 is 0 Å². The summed E-state index contributed by atoms with van der Waals surface area (Å²) in [5.74, 6) is 0.642. The molecule has 84 valence electrons. The van der Waals surface area contributed by atoms with E-state index in [2.05, 4.69) is 22.2 Å². The van der Waals surface area contributed by atoms with Crippen LogP contribution in [0.3, 0.4) is 0 Å². The van der Waals surface area contributed by atoms with Gasteiger partial charge in [-0.3, -0.25) is 4.98 Å². The highest BCUT2D eigenvalue weighted by atomic mass is 14.8. The predicted octanol–water partition coefficient (Wildman–Crippen LogP) is 2.55. The van der Waals surface area contributed by atoms with Gasteiger partial charge in [-0.25, -0.2) is 0 Å². The number of aromatic nitrogens is 2. The van der Waals surface area contributed by atoms with Gasteiger partial charge in [0.15, 0.2) is 0 Å². The average molecular weight is 215 g/mol. The molecule has 0 aromatic carbocycles. The Kier molecular flexibility index (Phi) is 2.40. The van der Waals surface area contributed by atoms with Crippen molar-refractivity contribution in [3.05, 3.63) is 30.1 Å². The molecule has 3 N–H and O–H groups in total. The number of nitrogens with zero attached hydrogens (tertiary/aromatic N) is 1. The van der Waals surface area contributed by atoms with E-state index in [-0.39, 0.29) is 0 Å². The molecule has 0 amide bonds. The van der Waals surface area contributed by atoms with Gasteiger partial charge in [-0.15, -0.1) is 0 Å². The summed E-state index contributed by atoms with van der Waals surface area (Å²) in [4.78, 5) is 7.78. The van der Waals surface area contributed by atoms with Crippen LogP contribution < -0.4 is 5.73 Å². The number of nitrogens with one attached hydrogen (secondary N) is 1. The molecule has 16 heavy (non-hydrogen) atoms. The molecule has 2 heterocycles. The largest absolute Gasteiger partial charge is 0.360 e. The molecular formula is C13H17N3. The van der Waals surface area contributed by atoms with Crippen molar-refractivity contribution in [3.63, 3.8) is 0 Å². The summed E-state index contributed by atoms with van der Waals surface area (Å²) in [5.41, 5.74) is 9.60. The summed E-state index contributed by atoms with van der Waals surface area (Å²) in [7, 11) is 0. The predicted molar refractivity (Wildman–Crippen MR) is 65.3 cm³/mol. The summed E-state index contributed by atoms with van der Waals surface area (Å²) in [6, 6.07) is 4.47. The van der Waals surface area contributed by atoms with Crippen molar-refractivity contribution in [2.45, 2.75) is 37.6 Å². The molecule has 3 rings (SSSR count). The molecule has 1 saturated carbocycles. The summed E-state index contributed by atoms with van der Waals surface area (Å²) in [6.07, 6.45) is 8.68. The van der Waals surface area contributed by atoms with Crippen LogP contribution in [0.4, 0.5) is 0 Å². The maximum Gasteiger partial charge on any atom is 0.0913 e. The van der Waals surface area contributed by atoms with Crippen LogP contribution in [0, 0.1) is 0 Å². The lowest BCUT2D eigenvalue weighted by atomic mass is 9.82. The van der Waals surface area contributed by atoms with Crippen LogP contribution in [-0.2, 0) is 0 Å². The molecule has 2 aromatic heterocycles. The number of hydrogen-bond acceptors (Lipinski definition) is 2. The van der Waals surface area contributed by atoms with E-state index in [0.717, 1.165) is 23.9 Å². The Hall–Kier alpha value is -1.35. The van der Waals surface area contributed by atoms with Gasteiger partial charge in [-0.2, -0.15) is 0 Å². The highest BCUT2D eigenvalue weighted by molar-refractivity contribution is 5.79. The SMILES string of the molecule is NC1CCC(c2c[nH]c3cccnc23)CC1. The minimum absolute atomic E-state index is 0.411. The van der Waals surface area contributed by atoms with Gasteiger partial charge in [-0.05, 0) is 49.3 Å². The Morgan fingerprint density at radius 1 is 1.25 bits per heavy atom. The third kappa shape index (κ3) is 1.61. The normalized spacial score (nSPS) is 26.1. The molecule has 0 aliphatic heterocycles. The first-order chi connectivity index (χ1) is 7.84. The Bertz CT molecular complexity index is 481. The van der Waals surface area contributed by atoms with Crippen molar-refractivity contribution in [2.24, 2.45) is 5.73 Å². The smallest absolute Gasteiger partial charge is 0.0913 e. The average Bonchev–Trinajstić information content (AvgIpc) is 2.74. The molecule has 0 radical (unpaired) electrons. The lowest BCUT2D eigenvalue weighted by Gasteiger charge is -2.25. The summed E-state index contributed by atoms with van der Waals surface area (Å²) in [5, 5.41) is 0. The fourth-order valence-electron chi connectivity index (χ4n) is 2.72. The highest BCUT2D eigenvalue weighted by Crippen LogP contribution is 2.35. The number of aromatic amines is 1. The molecule has 0 saturated heterocycles. The van der Waals surface area contributed by atoms with Crippen molar-refractivity contribution in [1.29, 1.82) is 0 Å². The zero-order valence-corrected chi connectivity index (χ0v) is 9.32. The first-order valence-corrected chi connectivity index (χ1v) is 6.02. The second-order valence-corrected chi connectivity index (χ2v) is 4.76. The number of H-pyrrole nitrogens is 1. The van der Waals surface area contributed by atoms with Crippen molar-refractivity contribution in [3.8, 4) is 0 Å². The number of rotatable bonds is 1. The molecule has 3 heteroatoms. The molecule has 2 aromatic rings. The lowest BCUT2D eigenvalue weighted by Crippen LogP contribution is -2.25. The zero-order valence-electron chi connectivity index (χ0n) is 9.32. The first kappa shape index (κ1) is 9.85. The fourth-order valence-corrected chi connectivity index (χ4v) is 2.72. The maximum atomic E-state index is 5.94. The quantitative estimate of drug-likeness (QED) is 0.768. The molecule has 0 spiro atoms. The Morgan fingerprint density at radius 2 is 2.06 bits per heavy atom. The molecule has 0 unspecified atom stereocenters. The lowest BCUT2D eigenvalue weighted by molar-refractivity contribution is 0.397. The Labute approximate surface area is 95.1 Å². The Morgan fingerprint density at radius 3 is 2.88 bits per heavy atom. The van der Waals surface area contributed by atoms with E-state index in [1.54, 1.807) is 0 Å². The summed E-state index contributed by atoms with van der Waals surface area (Å²) < 4.78 is 0. The number of nitrogens with two attached hydrogens (primary N) is 1. The van der Waals surface area contributed by atoms with Gasteiger partial charge in [-0.1, -0.05) is 0 Å². The Balaban J connectivity index is 1.94. The second kappa shape index (κ2) is 3.91. The summed E-state index contributed by atoms with van der Waals surface area (Å²) >= 11 is 0. The molecule has 1 aliphatic rings. The number of hydrogen-bond donors (Lipinski definition) is 2. The van der Waals surface area contributed by atoms with Crippen molar-refractivity contribution in [1.82, 2.24) is 9.97 Å². The van der Waals surface area contributed by atoms with E-state index >= 15 is 0 Å². The molecule has 0 bridgehead atoms. The standard InChI is InChI=1S/C13H17N3/c14-10-5-3-9(4-6-10)11-8-16-12-2-1-7-15-13(11)12/h1-2,7-10,16H,3-6,14H2. The molecular weight excluding hydrogens is 198 g/mol. The third-order valence-electron chi connectivity index (χ3n) is 3.68. The van der Waals surface area contributed by atoms with E-state index in [1.807, 2.05) is 12.3 Å². The fraction of sp³-hybridized carbons (Fsp3) is 0.462. The van der Waals surface area contributed by atoms with E-state index < -0.39 is 0 Å². The maximum absolute atomic E-state index is 5.94. The van der Waals surface area contributed by atoms with E-state index in [1.165, 1.54) is 18.4 Å². The van der Waals surface area contributed by atoms with Crippen LogP contribution in [0.25, 0.3) is 11.0 Å². The van der Waals surface area contributed by atoms with Gasteiger partial charge in [0.25, 0.3) is 0 Å². The first-order valence-electron chi connectivity index (χ1n) is 6.02.